The van der Waals surface area contributed by atoms with Gasteiger partial charge in [-0.05, 0) is 76.2 Å². The second kappa shape index (κ2) is 6.48. The summed E-state index contributed by atoms with van der Waals surface area (Å²) in [5.41, 5.74) is 1.76. The zero-order valence-corrected chi connectivity index (χ0v) is 15.8. The molecule has 2 aliphatic heterocycles. The molecule has 2 heterocycles. The van der Waals surface area contributed by atoms with Crippen LogP contribution in [0.1, 0.15) is 50.5 Å². The van der Waals surface area contributed by atoms with Gasteiger partial charge in [-0.2, -0.15) is 0 Å². The molecule has 2 saturated heterocycles. The Kier molecular flexibility index (Phi) is 4.45. The first-order chi connectivity index (χ1) is 12.1. The molecule has 0 radical (unpaired) electrons. The lowest BCUT2D eigenvalue weighted by Gasteiger charge is -2.51. The van der Waals surface area contributed by atoms with E-state index in [-0.39, 0.29) is 11.0 Å². The van der Waals surface area contributed by atoms with Gasteiger partial charge in [0, 0.05) is 18.1 Å². The van der Waals surface area contributed by atoms with E-state index in [1.807, 2.05) is 0 Å². The van der Waals surface area contributed by atoms with Crippen LogP contribution in [0.4, 0.5) is 0 Å². The molecule has 1 aromatic rings. The Morgan fingerprint density at radius 2 is 1.88 bits per heavy atom. The van der Waals surface area contributed by atoms with Crippen molar-refractivity contribution in [2.75, 3.05) is 34.4 Å². The number of likely N-dealkylation sites (N-methyl/N-ethyl adjacent to an activating group) is 1. The Labute approximate surface area is 151 Å². The predicted molar refractivity (Wildman–Crippen MR) is 98.6 cm³/mol. The average Bonchev–Trinajstić information content (AvgIpc) is 2.99. The van der Waals surface area contributed by atoms with Crippen LogP contribution in [0.15, 0.2) is 18.2 Å². The molecule has 4 heteroatoms. The number of benzene rings is 1. The van der Waals surface area contributed by atoms with E-state index >= 15 is 0 Å². The molecule has 1 saturated carbocycles. The van der Waals surface area contributed by atoms with Crippen molar-refractivity contribution in [2.24, 2.45) is 0 Å². The average molecular weight is 345 g/mol. The van der Waals surface area contributed by atoms with Gasteiger partial charge in [-0.15, -0.1) is 0 Å². The van der Waals surface area contributed by atoms with Gasteiger partial charge in [-0.1, -0.05) is 6.07 Å². The topological polar surface area (TPSA) is 30.9 Å². The zero-order chi connectivity index (χ0) is 17.5. The number of ether oxygens (including phenoxy) is 3. The van der Waals surface area contributed by atoms with Crippen LogP contribution in [-0.4, -0.2) is 51.0 Å². The van der Waals surface area contributed by atoms with Crippen LogP contribution >= 0.6 is 0 Å². The highest BCUT2D eigenvalue weighted by Crippen LogP contribution is 2.54. The minimum absolute atomic E-state index is 0.127. The van der Waals surface area contributed by atoms with E-state index in [0.29, 0.717) is 6.04 Å². The van der Waals surface area contributed by atoms with E-state index in [1.165, 1.54) is 44.1 Å². The fourth-order valence-electron chi connectivity index (χ4n) is 5.56. The van der Waals surface area contributed by atoms with Crippen LogP contribution in [0.2, 0.25) is 0 Å². The summed E-state index contributed by atoms with van der Waals surface area (Å²) in [5.74, 6) is 1.66. The van der Waals surface area contributed by atoms with E-state index in [0.717, 1.165) is 31.1 Å². The van der Waals surface area contributed by atoms with Gasteiger partial charge in [0.15, 0.2) is 11.5 Å². The maximum atomic E-state index is 6.35. The van der Waals surface area contributed by atoms with Crippen molar-refractivity contribution in [2.45, 2.75) is 62.0 Å². The van der Waals surface area contributed by atoms with Gasteiger partial charge >= 0.3 is 0 Å². The second-order valence-corrected chi connectivity index (χ2v) is 8.17. The highest BCUT2D eigenvalue weighted by Gasteiger charge is 2.55. The molecule has 3 atom stereocenters. The van der Waals surface area contributed by atoms with Crippen molar-refractivity contribution in [1.29, 1.82) is 0 Å². The van der Waals surface area contributed by atoms with Gasteiger partial charge in [0.1, 0.15) is 0 Å². The van der Waals surface area contributed by atoms with Gasteiger partial charge in [0.25, 0.3) is 0 Å². The smallest absolute Gasteiger partial charge is 0.161 e. The monoisotopic (exact) mass is 345 g/mol. The predicted octanol–water partition coefficient (Wildman–Crippen LogP) is 3.77. The van der Waals surface area contributed by atoms with Crippen LogP contribution in [0.3, 0.4) is 0 Å². The lowest BCUT2D eigenvalue weighted by molar-refractivity contribution is -0.121. The van der Waals surface area contributed by atoms with Crippen LogP contribution in [-0.2, 0) is 10.2 Å². The third kappa shape index (κ3) is 2.74. The van der Waals surface area contributed by atoms with E-state index in [2.05, 4.69) is 30.1 Å². The normalized spacial score (nSPS) is 35.6. The summed E-state index contributed by atoms with van der Waals surface area (Å²) in [6, 6.07) is 7.09. The molecule has 1 spiro atoms. The molecule has 1 aromatic carbocycles. The van der Waals surface area contributed by atoms with Crippen molar-refractivity contribution in [3.05, 3.63) is 23.8 Å². The van der Waals surface area contributed by atoms with Crippen LogP contribution < -0.4 is 9.47 Å². The Balaban J connectivity index is 1.68. The number of methoxy groups -OCH3 is 2. The first-order valence-electron chi connectivity index (χ1n) is 9.69. The highest BCUT2D eigenvalue weighted by molar-refractivity contribution is 5.46. The Morgan fingerprint density at radius 1 is 1.04 bits per heavy atom. The van der Waals surface area contributed by atoms with Gasteiger partial charge < -0.3 is 19.1 Å². The first kappa shape index (κ1) is 17.2. The molecule has 25 heavy (non-hydrogen) atoms. The summed E-state index contributed by atoms with van der Waals surface area (Å²) < 4.78 is 17.4. The van der Waals surface area contributed by atoms with Crippen molar-refractivity contribution in [3.63, 3.8) is 0 Å². The molecular weight excluding hydrogens is 314 g/mol. The third-order valence-electron chi connectivity index (χ3n) is 7.07. The summed E-state index contributed by atoms with van der Waals surface area (Å²) in [6.45, 7) is 2.11. The zero-order valence-electron chi connectivity index (χ0n) is 15.8. The molecule has 1 aliphatic carbocycles. The van der Waals surface area contributed by atoms with E-state index in [1.54, 1.807) is 14.2 Å². The maximum absolute atomic E-state index is 6.35. The summed E-state index contributed by atoms with van der Waals surface area (Å²) in [5, 5.41) is 0. The molecule has 3 unspecified atom stereocenters. The number of hydrogen-bond acceptors (Lipinski definition) is 4. The lowest BCUT2D eigenvalue weighted by Crippen LogP contribution is -2.54. The highest BCUT2D eigenvalue weighted by atomic mass is 16.5. The summed E-state index contributed by atoms with van der Waals surface area (Å²) >= 11 is 0. The van der Waals surface area contributed by atoms with Gasteiger partial charge in [0.2, 0.25) is 0 Å². The standard InChI is InChI=1S/C21H31NO3/c1-22-12-11-21(16-6-7-17(23-2)18(14-16)24-3)10-9-20(15-19(21)22)8-4-5-13-25-20/h6-7,14,19H,4-5,8-13,15H2,1-3H3. The summed E-state index contributed by atoms with van der Waals surface area (Å²) in [7, 11) is 5.71. The SMILES string of the molecule is COc1ccc(C23CCN(C)C2CC2(CCCCO2)CC3)cc1OC. The fourth-order valence-corrected chi connectivity index (χ4v) is 5.56. The van der Waals surface area contributed by atoms with Crippen molar-refractivity contribution in [3.8, 4) is 11.5 Å². The van der Waals surface area contributed by atoms with E-state index in [4.69, 9.17) is 14.2 Å². The minimum atomic E-state index is 0.127. The fraction of sp³-hybridized carbons (Fsp3) is 0.714. The third-order valence-corrected chi connectivity index (χ3v) is 7.07. The minimum Gasteiger partial charge on any atom is -0.493 e. The van der Waals surface area contributed by atoms with Gasteiger partial charge in [-0.25, -0.2) is 0 Å². The molecule has 3 aliphatic rings. The number of fused-ring (bicyclic) bond motifs is 1. The molecule has 3 fully saturated rings. The van der Waals surface area contributed by atoms with Crippen LogP contribution in [0, 0.1) is 0 Å². The number of nitrogens with zero attached hydrogens (tertiary/aromatic N) is 1. The summed E-state index contributed by atoms with van der Waals surface area (Å²) in [6.07, 6.45) is 8.56. The first-order valence-corrected chi connectivity index (χ1v) is 9.69. The van der Waals surface area contributed by atoms with Gasteiger partial charge in [0.05, 0.1) is 19.8 Å². The molecule has 0 amide bonds. The molecular formula is C21H31NO3. The maximum Gasteiger partial charge on any atom is 0.161 e. The van der Waals surface area contributed by atoms with Crippen molar-refractivity contribution >= 4 is 0 Å². The number of rotatable bonds is 3. The Bertz CT molecular complexity index is 626. The summed E-state index contributed by atoms with van der Waals surface area (Å²) in [4.78, 5) is 2.57. The molecule has 0 bridgehead atoms. The number of hydrogen-bond donors (Lipinski definition) is 0. The molecule has 4 rings (SSSR count). The Morgan fingerprint density at radius 3 is 2.60 bits per heavy atom. The molecule has 0 aromatic heterocycles. The number of likely N-dealkylation sites (tertiary alicyclic amines) is 1. The van der Waals surface area contributed by atoms with Crippen LogP contribution in [0.25, 0.3) is 0 Å². The van der Waals surface area contributed by atoms with Crippen molar-refractivity contribution in [1.82, 2.24) is 4.90 Å². The molecule has 138 valence electrons. The lowest BCUT2D eigenvalue weighted by atomic mass is 9.61. The Hall–Kier alpha value is -1.26. The van der Waals surface area contributed by atoms with E-state index in [9.17, 15) is 0 Å². The van der Waals surface area contributed by atoms with E-state index < -0.39 is 0 Å². The largest absolute Gasteiger partial charge is 0.493 e. The quantitative estimate of drug-likeness (QED) is 0.834. The molecule has 0 N–H and O–H groups in total. The second-order valence-electron chi connectivity index (χ2n) is 8.17. The van der Waals surface area contributed by atoms with Gasteiger partial charge in [-0.3, -0.25) is 0 Å². The molecule has 4 nitrogen and oxygen atoms in total. The van der Waals surface area contributed by atoms with Crippen molar-refractivity contribution < 1.29 is 14.2 Å². The van der Waals surface area contributed by atoms with Crippen LogP contribution in [0.5, 0.6) is 11.5 Å².